The smallest absolute Gasteiger partial charge is 0.211 e. The molecule has 1 aliphatic carbocycles. The van der Waals surface area contributed by atoms with Gasteiger partial charge in [-0.3, -0.25) is 4.79 Å². The zero-order chi connectivity index (χ0) is 12.6. The Hall–Kier alpha value is -1.68. The number of aliphatic hydroxyl groups excluding tert-OH is 1. The number of carbonyl (C=O) groups excluding carboxylic acids is 1. The first-order valence-electron chi connectivity index (χ1n) is 4.95. The maximum absolute atomic E-state index is 11.5. The molecule has 0 aliphatic heterocycles. The molecule has 0 spiro atoms. The molecule has 0 saturated heterocycles. The fourth-order valence-corrected chi connectivity index (χ4v) is 2.08. The number of methoxy groups -OCH3 is 2. The molecule has 1 N–H and O–H groups in total. The number of rotatable bonds is 3. The molecule has 1 atom stereocenters. The number of ketones is 1. The number of hydrogen-bond acceptors (Lipinski definition) is 4. The lowest BCUT2D eigenvalue weighted by Crippen LogP contribution is -2.26. The molecule has 2 rings (SSSR count). The van der Waals surface area contributed by atoms with Crippen LogP contribution in [0.3, 0.4) is 0 Å². The minimum absolute atomic E-state index is 0.169. The summed E-state index contributed by atoms with van der Waals surface area (Å²) in [5, 5.41) is 9.35. The molecule has 1 aromatic carbocycles. The maximum Gasteiger partial charge on any atom is 0.211 e. The molecular formula is C12H11ClO4. The Morgan fingerprint density at radius 1 is 1.24 bits per heavy atom. The molecule has 4 nitrogen and oxygen atoms in total. The molecule has 90 valence electrons. The Bertz CT molecular complexity index is 507. The van der Waals surface area contributed by atoms with E-state index in [4.69, 9.17) is 21.1 Å². The summed E-state index contributed by atoms with van der Waals surface area (Å²) in [6.07, 6.45) is 0. The van der Waals surface area contributed by atoms with Crippen molar-refractivity contribution in [3.63, 3.8) is 0 Å². The Morgan fingerprint density at radius 3 is 2.41 bits per heavy atom. The molecular weight excluding hydrogens is 244 g/mol. The van der Waals surface area contributed by atoms with Gasteiger partial charge in [0.25, 0.3) is 0 Å². The van der Waals surface area contributed by atoms with E-state index in [1.807, 2.05) is 0 Å². The lowest BCUT2D eigenvalue weighted by Gasteiger charge is -2.24. The highest BCUT2D eigenvalue weighted by molar-refractivity contribution is 6.38. The van der Waals surface area contributed by atoms with Crippen LogP contribution in [0.1, 0.15) is 11.5 Å². The maximum atomic E-state index is 11.5. The highest BCUT2D eigenvalue weighted by atomic mass is 35.5. The first kappa shape index (κ1) is 11.8. The van der Waals surface area contributed by atoms with Crippen LogP contribution in [0.5, 0.6) is 11.5 Å². The van der Waals surface area contributed by atoms with E-state index in [1.165, 1.54) is 14.2 Å². The van der Waals surface area contributed by atoms with Gasteiger partial charge < -0.3 is 14.6 Å². The summed E-state index contributed by atoms with van der Waals surface area (Å²) in [6.45, 7) is 0. The summed E-state index contributed by atoms with van der Waals surface area (Å²) in [5.74, 6) is -0.217. The van der Waals surface area contributed by atoms with E-state index >= 15 is 0 Å². The van der Waals surface area contributed by atoms with Crippen LogP contribution in [0.15, 0.2) is 29.0 Å². The average molecular weight is 255 g/mol. The van der Waals surface area contributed by atoms with Crippen LogP contribution in [-0.2, 0) is 4.79 Å². The minimum atomic E-state index is -0.587. The zero-order valence-electron chi connectivity index (χ0n) is 9.36. The minimum Gasteiger partial charge on any atom is -0.504 e. The molecule has 0 bridgehead atoms. The Morgan fingerprint density at radius 2 is 1.88 bits per heavy atom. The molecule has 0 amide bonds. The van der Waals surface area contributed by atoms with E-state index in [9.17, 15) is 9.90 Å². The standard InChI is InChI=1S/C12H11ClO4/c1-16-7-4-3-6(5-8(7)17-2)9-10(13)12(15)11(9)14/h3-5,9,15H,1-2H3. The Kier molecular flexibility index (Phi) is 2.98. The first-order chi connectivity index (χ1) is 8.10. The first-order valence-corrected chi connectivity index (χ1v) is 5.32. The summed E-state index contributed by atoms with van der Waals surface area (Å²) in [5.41, 5.74) is 0.676. The second-order valence-corrected chi connectivity index (χ2v) is 4.02. The number of aliphatic hydroxyl groups is 1. The average Bonchev–Trinajstić information content (AvgIpc) is 2.38. The summed E-state index contributed by atoms with van der Waals surface area (Å²) in [7, 11) is 3.05. The molecule has 1 aliphatic rings. The summed E-state index contributed by atoms with van der Waals surface area (Å²) in [6, 6.07) is 5.09. The Labute approximate surface area is 103 Å². The largest absolute Gasteiger partial charge is 0.504 e. The number of allylic oxidation sites excluding steroid dienone is 2. The van der Waals surface area contributed by atoms with Gasteiger partial charge in [0.15, 0.2) is 17.3 Å². The van der Waals surface area contributed by atoms with E-state index in [1.54, 1.807) is 18.2 Å². The van der Waals surface area contributed by atoms with Crippen molar-refractivity contribution in [1.82, 2.24) is 0 Å². The molecule has 0 fully saturated rings. The normalized spacial score (nSPS) is 19.0. The second kappa shape index (κ2) is 4.30. The van der Waals surface area contributed by atoms with Gasteiger partial charge in [-0.15, -0.1) is 0 Å². The highest BCUT2D eigenvalue weighted by Crippen LogP contribution is 2.42. The van der Waals surface area contributed by atoms with E-state index in [2.05, 4.69) is 0 Å². The van der Waals surface area contributed by atoms with Gasteiger partial charge in [0, 0.05) is 0 Å². The van der Waals surface area contributed by atoms with Crippen LogP contribution in [0, 0.1) is 0 Å². The number of carbonyl (C=O) groups is 1. The third kappa shape index (κ3) is 1.74. The van der Waals surface area contributed by atoms with E-state index in [0.717, 1.165) is 0 Å². The van der Waals surface area contributed by atoms with Gasteiger partial charge in [-0.25, -0.2) is 0 Å². The topological polar surface area (TPSA) is 55.8 Å². The third-order valence-electron chi connectivity index (χ3n) is 2.72. The molecule has 1 unspecified atom stereocenters. The van der Waals surface area contributed by atoms with Crippen molar-refractivity contribution < 1.29 is 19.4 Å². The fraction of sp³-hybridized carbons (Fsp3) is 0.250. The number of halogens is 1. The molecule has 0 heterocycles. The van der Waals surface area contributed by atoms with Gasteiger partial charge in [0.1, 0.15) is 0 Å². The lowest BCUT2D eigenvalue weighted by atomic mass is 9.84. The molecule has 5 heteroatoms. The number of benzene rings is 1. The Balaban J connectivity index is 2.39. The SMILES string of the molecule is COc1ccc(C2C(=O)C(O)=C2Cl)cc1OC. The zero-order valence-corrected chi connectivity index (χ0v) is 10.1. The second-order valence-electron chi connectivity index (χ2n) is 3.61. The molecule has 17 heavy (non-hydrogen) atoms. The summed E-state index contributed by atoms with van der Waals surface area (Å²) >= 11 is 5.80. The van der Waals surface area contributed by atoms with Crippen molar-refractivity contribution in [3.05, 3.63) is 34.6 Å². The fourth-order valence-electron chi connectivity index (χ4n) is 1.76. The third-order valence-corrected chi connectivity index (χ3v) is 3.11. The van der Waals surface area contributed by atoms with Crippen molar-refractivity contribution in [2.24, 2.45) is 0 Å². The summed E-state index contributed by atoms with van der Waals surface area (Å²) < 4.78 is 10.2. The van der Waals surface area contributed by atoms with Crippen molar-refractivity contribution in [1.29, 1.82) is 0 Å². The summed E-state index contributed by atoms with van der Waals surface area (Å²) in [4.78, 5) is 11.5. The van der Waals surface area contributed by atoms with Crippen LogP contribution >= 0.6 is 11.6 Å². The highest BCUT2D eigenvalue weighted by Gasteiger charge is 2.39. The number of Topliss-reactive ketones (excluding diaryl/α,β-unsaturated/α-hetero) is 1. The van der Waals surface area contributed by atoms with Gasteiger partial charge in [-0.1, -0.05) is 17.7 Å². The molecule has 0 aromatic heterocycles. The van der Waals surface area contributed by atoms with Gasteiger partial charge in [0.2, 0.25) is 5.78 Å². The van der Waals surface area contributed by atoms with Crippen molar-refractivity contribution >= 4 is 17.4 Å². The monoisotopic (exact) mass is 254 g/mol. The van der Waals surface area contributed by atoms with E-state index < -0.39 is 5.92 Å². The van der Waals surface area contributed by atoms with Crippen molar-refractivity contribution in [2.75, 3.05) is 14.2 Å². The van der Waals surface area contributed by atoms with E-state index in [0.29, 0.717) is 17.1 Å². The van der Waals surface area contributed by atoms with Crippen LogP contribution in [0.2, 0.25) is 0 Å². The predicted molar refractivity (Wildman–Crippen MR) is 62.8 cm³/mol. The number of ether oxygens (including phenoxy) is 2. The molecule has 0 radical (unpaired) electrons. The van der Waals surface area contributed by atoms with Crippen LogP contribution < -0.4 is 9.47 Å². The predicted octanol–water partition coefficient (Wildman–Crippen LogP) is 2.38. The van der Waals surface area contributed by atoms with Crippen LogP contribution in [0.25, 0.3) is 0 Å². The van der Waals surface area contributed by atoms with Gasteiger partial charge >= 0.3 is 0 Å². The van der Waals surface area contributed by atoms with Crippen LogP contribution in [-0.4, -0.2) is 25.1 Å². The van der Waals surface area contributed by atoms with Gasteiger partial charge in [-0.05, 0) is 17.7 Å². The van der Waals surface area contributed by atoms with Crippen molar-refractivity contribution in [3.8, 4) is 11.5 Å². The van der Waals surface area contributed by atoms with E-state index in [-0.39, 0.29) is 16.6 Å². The molecule has 1 aromatic rings. The lowest BCUT2D eigenvalue weighted by molar-refractivity contribution is -0.120. The quantitative estimate of drug-likeness (QED) is 0.900. The van der Waals surface area contributed by atoms with Crippen molar-refractivity contribution in [2.45, 2.75) is 5.92 Å². The van der Waals surface area contributed by atoms with Crippen LogP contribution in [0.4, 0.5) is 0 Å². The van der Waals surface area contributed by atoms with Gasteiger partial charge in [0.05, 0.1) is 25.2 Å². The molecule has 0 saturated carbocycles. The number of hydrogen-bond donors (Lipinski definition) is 1. The van der Waals surface area contributed by atoms with Gasteiger partial charge in [-0.2, -0.15) is 0 Å².